The van der Waals surface area contributed by atoms with Crippen LogP contribution in [0.4, 0.5) is 13.2 Å². The van der Waals surface area contributed by atoms with Crippen LogP contribution in [0.1, 0.15) is 62.1 Å². The van der Waals surface area contributed by atoms with E-state index >= 15 is 0 Å². The summed E-state index contributed by atoms with van der Waals surface area (Å²) in [5.41, 5.74) is -3.24. The molecule has 4 fully saturated rings. The minimum Gasteiger partial charge on any atom is -0.448 e. The van der Waals surface area contributed by atoms with Crippen LogP contribution in [0.2, 0.25) is 0 Å². The van der Waals surface area contributed by atoms with E-state index in [1.54, 1.807) is 0 Å². The molecule has 3 unspecified atom stereocenters. The van der Waals surface area contributed by atoms with Crippen molar-refractivity contribution in [2.24, 2.45) is 22.7 Å². The van der Waals surface area contributed by atoms with Gasteiger partial charge in [-0.3, -0.25) is 14.1 Å². The maximum atomic E-state index is 13.8. The number of esters is 2. The van der Waals surface area contributed by atoms with Gasteiger partial charge in [-0.1, -0.05) is 17.7 Å². The molecule has 4 bridgehead atoms. The van der Waals surface area contributed by atoms with Gasteiger partial charge in [-0.15, -0.1) is 0 Å². The number of aryl methyl sites for hydroxylation is 3. The summed E-state index contributed by atoms with van der Waals surface area (Å²) in [5.74, 6) is -3.18. The van der Waals surface area contributed by atoms with Crippen molar-refractivity contribution in [2.75, 3.05) is 5.75 Å². The fraction of sp³-hybridized carbons (Fsp3) is 0.680. The van der Waals surface area contributed by atoms with Gasteiger partial charge in [0.2, 0.25) is 5.60 Å². The second-order valence-corrected chi connectivity index (χ2v) is 12.9. The Labute approximate surface area is 208 Å². The Kier molecular flexibility index (Phi) is 6.31. The zero-order valence-electron chi connectivity index (χ0n) is 20.7. The van der Waals surface area contributed by atoms with Crippen LogP contribution in [0.3, 0.4) is 0 Å². The van der Waals surface area contributed by atoms with Crippen LogP contribution < -0.4 is 4.74 Å². The van der Waals surface area contributed by atoms with Crippen molar-refractivity contribution in [3.05, 3.63) is 28.8 Å². The zero-order valence-corrected chi connectivity index (χ0v) is 21.5. The van der Waals surface area contributed by atoms with E-state index in [-0.39, 0.29) is 31.1 Å². The third-order valence-corrected chi connectivity index (χ3v) is 9.02. The molecule has 3 atom stereocenters. The van der Waals surface area contributed by atoms with E-state index in [9.17, 15) is 31.2 Å². The summed E-state index contributed by atoms with van der Waals surface area (Å²) >= 11 is 0. The largest absolute Gasteiger partial charge is 0.448 e. The van der Waals surface area contributed by atoms with E-state index in [4.69, 9.17) is 14.0 Å². The SMILES string of the molecule is Cc1cc(C)c(OC(=O)C23CC4CC(C2)CC(C(=O)OC(C)(CS(=O)(=O)O)C(F)(F)F)(C4)C3)c(C)c1. The Balaban J connectivity index is 1.63. The van der Waals surface area contributed by atoms with Gasteiger partial charge in [0, 0.05) is 0 Å². The number of alkyl halides is 3. The fourth-order valence-electron chi connectivity index (χ4n) is 7.10. The average molecular weight is 533 g/mol. The topological polar surface area (TPSA) is 107 Å². The maximum absolute atomic E-state index is 13.8. The summed E-state index contributed by atoms with van der Waals surface area (Å²) in [6.07, 6.45) is -3.02. The Morgan fingerprint density at radius 3 is 1.92 bits per heavy atom. The molecule has 0 radical (unpaired) electrons. The Morgan fingerprint density at radius 2 is 1.47 bits per heavy atom. The van der Waals surface area contributed by atoms with Crippen LogP contribution >= 0.6 is 0 Å². The van der Waals surface area contributed by atoms with Gasteiger partial charge in [-0.05, 0) is 89.2 Å². The summed E-state index contributed by atoms with van der Waals surface area (Å²) in [5, 5.41) is 0. The van der Waals surface area contributed by atoms with Crippen LogP contribution in [0, 0.1) is 43.4 Å². The number of rotatable bonds is 6. The predicted octanol–water partition coefficient (Wildman–Crippen LogP) is 4.86. The molecule has 1 aromatic carbocycles. The molecule has 0 aliphatic heterocycles. The summed E-state index contributed by atoms with van der Waals surface area (Å²) in [6, 6.07) is 3.78. The number of hydrogen-bond donors (Lipinski definition) is 1. The summed E-state index contributed by atoms with van der Waals surface area (Å²) in [6.45, 7) is 6.02. The molecular formula is C25H31F3O7S. The maximum Gasteiger partial charge on any atom is 0.429 e. The number of carbonyl (C=O) groups excluding carboxylic acids is 2. The summed E-state index contributed by atoms with van der Waals surface area (Å²) in [4.78, 5) is 26.9. The molecule has 0 aromatic heterocycles. The van der Waals surface area contributed by atoms with Gasteiger partial charge < -0.3 is 9.47 Å². The molecule has 36 heavy (non-hydrogen) atoms. The highest BCUT2D eigenvalue weighted by Gasteiger charge is 2.66. The smallest absolute Gasteiger partial charge is 0.429 e. The second-order valence-electron chi connectivity index (χ2n) is 11.5. The molecule has 1 aromatic rings. The van der Waals surface area contributed by atoms with Crippen LogP contribution in [-0.4, -0.2) is 42.4 Å². The zero-order chi connectivity index (χ0) is 26.9. The van der Waals surface area contributed by atoms with Crippen molar-refractivity contribution < 1.29 is 45.2 Å². The van der Waals surface area contributed by atoms with Crippen molar-refractivity contribution in [3.63, 3.8) is 0 Å². The number of benzene rings is 1. The Morgan fingerprint density at radius 1 is 1.00 bits per heavy atom. The molecule has 0 amide bonds. The first-order valence-electron chi connectivity index (χ1n) is 11.9. The Hall–Kier alpha value is -2.14. The molecule has 7 nitrogen and oxygen atoms in total. The van der Waals surface area contributed by atoms with Gasteiger partial charge in [0.05, 0.1) is 10.8 Å². The van der Waals surface area contributed by atoms with E-state index < -0.39 is 50.4 Å². The normalized spacial score (nSPS) is 31.1. The quantitative estimate of drug-likeness (QED) is 0.317. The van der Waals surface area contributed by atoms with Gasteiger partial charge in [-0.2, -0.15) is 21.6 Å². The number of halogens is 3. The molecule has 200 valence electrons. The van der Waals surface area contributed by atoms with Gasteiger partial charge in [-0.25, -0.2) is 0 Å². The standard InChI is InChI=1S/C25H31F3O7S/c1-14-5-15(2)19(16(3)6-14)34-20(29)23-8-17-7-18(9-23)11-24(10-17,12-23)21(30)35-22(4,25(26,27)28)13-36(31,32)33/h5-6,17-18H,7-13H2,1-4H3,(H,31,32,33). The van der Waals surface area contributed by atoms with E-state index in [2.05, 4.69) is 0 Å². The van der Waals surface area contributed by atoms with Crippen molar-refractivity contribution in [3.8, 4) is 5.75 Å². The first kappa shape index (κ1) is 26.9. The molecule has 0 heterocycles. The number of hydrogen-bond acceptors (Lipinski definition) is 6. The lowest BCUT2D eigenvalue weighted by molar-refractivity contribution is -0.265. The molecule has 1 N–H and O–H groups in total. The molecule has 4 aliphatic rings. The van der Waals surface area contributed by atoms with Gasteiger partial charge >= 0.3 is 18.1 Å². The minimum absolute atomic E-state index is 0.0194. The van der Waals surface area contributed by atoms with Crippen molar-refractivity contribution >= 4 is 22.1 Å². The molecule has 11 heteroatoms. The highest BCUT2D eigenvalue weighted by molar-refractivity contribution is 7.85. The summed E-state index contributed by atoms with van der Waals surface area (Å²) in [7, 11) is -5.11. The van der Waals surface area contributed by atoms with E-state index in [1.807, 2.05) is 32.9 Å². The first-order valence-corrected chi connectivity index (χ1v) is 13.5. The van der Waals surface area contributed by atoms with E-state index in [1.165, 1.54) is 0 Å². The van der Waals surface area contributed by atoms with Crippen molar-refractivity contribution in [1.82, 2.24) is 0 Å². The van der Waals surface area contributed by atoms with Gasteiger partial charge in [0.15, 0.2) is 0 Å². The second kappa shape index (κ2) is 8.44. The highest BCUT2D eigenvalue weighted by atomic mass is 32.2. The Bertz CT molecular complexity index is 1170. The molecule has 4 saturated carbocycles. The molecule has 5 rings (SSSR count). The first-order chi connectivity index (χ1) is 16.4. The number of ether oxygens (including phenoxy) is 2. The van der Waals surface area contributed by atoms with Gasteiger partial charge in [0.25, 0.3) is 10.1 Å². The molecule has 4 aliphatic carbocycles. The van der Waals surface area contributed by atoms with Crippen LogP contribution in [-0.2, 0) is 24.4 Å². The third kappa shape index (κ3) is 4.76. The van der Waals surface area contributed by atoms with E-state index in [0.29, 0.717) is 25.5 Å². The lowest BCUT2D eigenvalue weighted by atomic mass is 9.44. The predicted molar refractivity (Wildman–Crippen MR) is 123 cm³/mol. The van der Waals surface area contributed by atoms with Crippen LogP contribution in [0.25, 0.3) is 0 Å². The van der Waals surface area contributed by atoms with Crippen LogP contribution in [0.5, 0.6) is 5.75 Å². The highest BCUT2D eigenvalue weighted by Crippen LogP contribution is 2.66. The monoisotopic (exact) mass is 532 g/mol. The van der Waals surface area contributed by atoms with E-state index in [0.717, 1.165) is 23.1 Å². The summed E-state index contributed by atoms with van der Waals surface area (Å²) < 4.78 is 83.9. The number of carbonyl (C=O) groups is 2. The molecule has 0 spiro atoms. The van der Waals surface area contributed by atoms with Gasteiger partial charge in [0.1, 0.15) is 11.5 Å². The van der Waals surface area contributed by atoms with Crippen molar-refractivity contribution in [2.45, 2.75) is 78.0 Å². The third-order valence-electron chi connectivity index (χ3n) is 8.10. The lowest BCUT2D eigenvalue weighted by Crippen LogP contribution is -2.61. The molecular weight excluding hydrogens is 501 g/mol. The average Bonchev–Trinajstić information content (AvgIpc) is 2.67. The lowest BCUT2D eigenvalue weighted by Gasteiger charge is -2.59. The minimum atomic E-state index is -5.24. The van der Waals surface area contributed by atoms with Crippen LogP contribution in [0.15, 0.2) is 12.1 Å². The van der Waals surface area contributed by atoms with Crippen molar-refractivity contribution in [1.29, 1.82) is 0 Å². The fourth-order valence-corrected chi connectivity index (χ4v) is 8.02. The molecule has 0 saturated heterocycles.